The molecule has 3 nitrogen and oxygen atoms in total. The first kappa shape index (κ1) is 16.8. The number of unbranched alkanes of at least 4 members (excludes halogenated alkanes) is 1. The quantitative estimate of drug-likeness (QED) is 0.809. The minimum atomic E-state index is 0.339. The van der Waals surface area contributed by atoms with Gasteiger partial charge in [-0.1, -0.05) is 46.0 Å². The first-order valence-electron chi connectivity index (χ1n) is 9.26. The fraction of sp³-hybridized carbons (Fsp3) is 0.944. The van der Waals surface area contributed by atoms with Crippen LogP contribution in [0.5, 0.6) is 0 Å². The number of carbonyl (C=O) groups is 1. The Balaban J connectivity index is 1.89. The minimum Gasteiger partial charge on any atom is -0.341 e. The van der Waals surface area contributed by atoms with E-state index in [0.717, 1.165) is 13.1 Å². The van der Waals surface area contributed by atoms with E-state index in [1.165, 1.54) is 57.8 Å². The second-order valence-electron chi connectivity index (χ2n) is 7.09. The summed E-state index contributed by atoms with van der Waals surface area (Å²) in [5, 5.41) is 3.88. The van der Waals surface area contributed by atoms with Gasteiger partial charge in [-0.3, -0.25) is 4.79 Å². The molecule has 3 heteroatoms. The minimum absolute atomic E-state index is 0.339. The van der Waals surface area contributed by atoms with Crippen molar-refractivity contribution < 1.29 is 4.79 Å². The van der Waals surface area contributed by atoms with Crippen molar-refractivity contribution in [2.75, 3.05) is 13.1 Å². The van der Waals surface area contributed by atoms with Crippen LogP contribution in [0, 0.1) is 5.92 Å². The highest BCUT2D eigenvalue weighted by atomic mass is 16.2. The molecule has 1 heterocycles. The number of likely N-dealkylation sites (tertiary alicyclic amines) is 1. The lowest BCUT2D eigenvalue weighted by molar-refractivity contribution is -0.133. The Morgan fingerprint density at radius 1 is 1.10 bits per heavy atom. The Morgan fingerprint density at radius 2 is 1.86 bits per heavy atom. The molecule has 2 rings (SSSR count). The van der Waals surface area contributed by atoms with Crippen molar-refractivity contribution in [3.05, 3.63) is 0 Å². The molecular formula is C18H34N2O. The zero-order chi connectivity index (χ0) is 15.1. The van der Waals surface area contributed by atoms with Gasteiger partial charge in [0.2, 0.25) is 5.91 Å². The summed E-state index contributed by atoms with van der Waals surface area (Å²) in [5.74, 6) is 1.04. The zero-order valence-electron chi connectivity index (χ0n) is 14.1. The lowest BCUT2D eigenvalue weighted by Gasteiger charge is -2.40. The number of amides is 1. The van der Waals surface area contributed by atoms with Gasteiger partial charge in [0, 0.05) is 31.6 Å². The number of hydrogen-bond donors (Lipinski definition) is 1. The maximum atomic E-state index is 12.1. The predicted octanol–water partition coefficient (Wildman–Crippen LogP) is 3.73. The summed E-state index contributed by atoms with van der Waals surface area (Å²) in [7, 11) is 0. The van der Waals surface area contributed by atoms with E-state index < -0.39 is 0 Å². The number of nitrogens with one attached hydrogen (secondary N) is 1. The second kappa shape index (κ2) is 8.77. The third kappa shape index (κ3) is 5.28. The molecule has 2 atom stereocenters. The zero-order valence-corrected chi connectivity index (χ0v) is 14.1. The van der Waals surface area contributed by atoms with Crippen LogP contribution in [0.3, 0.4) is 0 Å². The molecule has 2 aliphatic rings. The summed E-state index contributed by atoms with van der Waals surface area (Å²) >= 11 is 0. The van der Waals surface area contributed by atoms with Crippen LogP contribution < -0.4 is 5.32 Å². The van der Waals surface area contributed by atoms with Crippen molar-refractivity contribution in [1.29, 1.82) is 0 Å². The summed E-state index contributed by atoms with van der Waals surface area (Å²) < 4.78 is 0. The molecule has 122 valence electrons. The first-order chi connectivity index (χ1) is 10.2. The summed E-state index contributed by atoms with van der Waals surface area (Å²) in [5.41, 5.74) is 0. The first-order valence-corrected chi connectivity index (χ1v) is 9.26. The molecule has 2 unspecified atom stereocenters. The van der Waals surface area contributed by atoms with Crippen LogP contribution in [-0.4, -0.2) is 36.0 Å². The van der Waals surface area contributed by atoms with E-state index in [9.17, 15) is 4.79 Å². The van der Waals surface area contributed by atoms with E-state index in [0.29, 0.717) is 30.3 Å². The Kier molecular flexibility index (Phi) is 7.01. The topological polar surface area (TPSA) is 32.3 Å². The number of rotatable bonds is 6. The smallest absolute Gasteiger partial charge is 0.222 e. The number of nitrogens with zero attached hydrogens (tertiary/aromatic N) is 1. The molecule has 0 spiro atoms. The van der Waals surface area contributed by atoms with E-state index >= 15 is 0 Å². The summed E-state index contributed by atoms with van der Waals surface area (Å²) in [6, 6.07) is 1.23. The van der Waals surface area contributed by atoms with Crippen LogP contribution in [0.15, 0.2) is 0 Å². The van der Waals surface area contributed by atoms with Gasteiger partial charge >= 0.3 is 0 Å². The van der Waals surface area contributed by atoms with Gasteiger partial charge in [-0.2, -0.15) is 0 Å². The standard InChI is InChI=1S/C18H34N2O/c1-3-5-9-15-12-17(14-20(13-15)18(21)4-2)19-16-10-7-6-8-11-16/h15-17,19H,3-14H2,1-2H3. The van der Waals surface area contributed by atoms with Crippen LogP contribution in [0.25, 0.3) is 0 Å². The lowest BCUT2D eigenvalue weighted by atomic mass is 9.88. The second-order valence-corrected chi connectivity index (χ2v) is 7.09. The fourth-order valence-electron chi connectivity index (χ4n) is 4.06. The van der Waals surface area contributed by atoms with Crippen molar-refractivity contribution >= 4 is 5.91 Å². The van der Waals surface area contributed by atoms with Gasteiger partial charge in [-0.05, 0) is 31.6 Å². The van der Waals surface area contributed by atoms with E-state index in [-0.39, 0.29) is 0 Å². The van der Waals surface area contributed by atoms with Crippen LogP contribution in [0.2, 0.25) is 0 Å². The molecule has 0 aromatic heterocycles. The summed E-state index contributed by atoms with van der Waals surface area (Å²) in [6.45, 7) is 6.18. The Bertz CT molecular complexity index is 312. The molecule has 1 saturated heterocycles. The SMILES string of the molecule is CCCCC1CC(NC2CCCCC2)CN(C(=O)CC)C1. The molecule has 1 N–H and O–H groups in total. The van der Waals surface area contributed by atoms with Crippen molar-refractivity contribution in [1.82, 2.24) is 10.2 Å². The predicted molar refractivity (Wildman–Crippen MR) is 88.3 cm³/mol. The van der Waals surface area contributed by atoms with E-state index in [1.54, 1.807) is 0 Å². The van der Waals surface area contributed by atoms with Gasteiger partial charge < -0.3 is 10.2 Å². The highest BCUT2D eigenvalue weighted by Gasteiger charge is 2.30. The molecule has 1 amide bonds. The van der Waals surface area contributed by atoms with Crippen LogP contribution >= 0.6 is 0 Å². The maximum Gasteiger partial charge on any atom is 0.222 e. The third-order valence-corrected chi connectivity index (χ3v) is 5.23. The average Bonchev–Trinajstić information content (AvgIpc) is 2.53. The Labute approximate surface area is 130 Å². The van der Waals surface area contributed by atoms with Gasteiger partial charge in [-0.15, -0.1) is 0 Å². The molecule has 1 aliphatic carbocycles. The maximum absolute atomic E-state index is 12.1. The molecule has 1 aliphatic heterocycles. The molecule has 1 saturated carbocycles. The van der Waals surface area contributed by atoms with Crippen molar-refractivity contribution in [2.24, 2.45) is 5.92 Å². The number of hydrogen-bond acceptors (Lipinski definition) is 2. The van der Waals surface area contributed by atoms with Crippen molar-refractivity contribution in [3.63, 3.8) is 0 Å². The third-order valence-electron chi connectivity index (χ3n) is 5.23. The van der Waals surface area contributed by atoms with Crippen LogP contribution in [0.1, 0.15) is 78.1 Å². The van der Waals surface area contributed by atoms with Gasteiger partial charge in [0.1, 0.15) is 0 Å². The Morgan fingerprint density at radius 3 is 2.52 bits per heavy atom. The molecule has 0 radical (unpaired) electrons. The van der Waals surface area contributed by atoms with Crippen molar-refractivity contribution in [2.45, 2.75) is 90.1 Å². The highest BCUT2D eigenvalue weighted by Crippen LogP contribution is 2.25. The summed E-state index contributed by atoms with van der Waals surface area (Å²) in [4.78, 5) is 14.3. The van der Waals surface area contributed by atoms with Gasteiger partial charge in [0.05, 0.1) is 0 Å². The molecular weight excluding hydrogens is 260 g/mol. The molecule has 0 aromatic rings. The molecule has 0 bridgehead atoms. The van der Waals surface area contributed by atoms with Crippen LogP contribution in [-0.2, 0) is 4.79 Å². The van der Waals surface area contributed by atoms with Gasteiger partial charge in [-0.25, -0.2) is 0 Å². The van der Waals surface area contributed by atoms with E-state index in [1.807, 2.05) is 6.92 Å². The van der Waals surface area contributed by atoms with Crippen LogP contribution in [0.4, 0.5) is 0 Å². The lowest BCUT2D eigenvalue weighted by Crippen LogP contribution is -2.53. The number of piperidine rings is 1. The molecule has 0 aromatic carbocycles. The average molecular weight is 294 g/mol. The molecule has 2 fully saturated rings. The fourth-order valence-corrected chi connectivity index (χ4v) is 4.06. The number of carbonyl (C=O) groups excluding carboxylic acids is 1. The highest BCUT2D eigenvalue weighted by molar-refractivity contribution is 5.76. The van der Waals surface area contributed by atoms with E-state index in [2.05, 4.69) is 17.1 Å². The van der Waals surface area contributed by atoms with Gasteiger partial charge in [0.25, 0.3) is 0 Å². The monoisotopic (exact) mass is 294 g/mol. The normalized spacial score (nSPS) is 27.8. The van der Waals surface area contributed by atoms with Crippen molar-refractivity contribution in [3.8, 4) is 0 Å². The Hall–Kier alpha value is -0.570. The van der Waals surface area contributed by atoms with E-state index in [4.69, 9.17) is 0 Å². The largest absolute Gasteiger partial charge is 0.341 e. The molecule has 21 heavy (non-hydrogen) atoms. The van der Waals surface area contributed by atoms with Gasteiger partial charge in [0.15, 0.2) is 0 Å². The summed E-state index contributed by atoms with van der Waals surface area (Å²) in [6.07, 6.45) is 12.6.